The summed E-state index contributed by atoms with van der Waals surface area (Å²) >= 11 is 0. The molecule has 0 saturated heterocycles. The standard InChI is InChI=1S/C23H39NO2/c1-3-4-5-6-7-8-9-10-11-12-16-19-22(25)24-20(2)23(26)21-17-14-13-15-18-21/h13-15,17-18,20,23,26H,3-12,16,19H2,1-2H3,(H,24,25)/t20-,23+/m0/s1. The van der Waals surface area contributed by atoms with Gasteiger partial charge < -0.3 is 10.4 Å². The number of aliphatic hydroxyl groups is 1. The lowest BCUT2D eigenvalue weighted by Crippen LogP contribution is -2.36. The van der Waals surface area contributed by atoms with Gasteiger partial charge in [0.1, 0.15) is 0 Å². The summed E-state index contributed by atoms with van der Waals surface area (Å²) in [5.41, 5.74) is 0.843. The fraction of sp³-hybridized carbons (Fsp3) is 0.696. The smallest absolute Gasteiger partial charge is 0.220 e. The van der Waals surface area contributed by atoms with Crippen LogP contribution in [-0.2, 0) is 4.79 Å². The number of aliphatic hydroxyl groups excluding tert-OH is 1. The summed E-state index contributed by atoms with van der Waals surface area (Å²) in [7, 11) is 0. The molecule has 0 aliphatic heterocycles. The second-order valence-electron chi connectivity index (χ2n) is 7.50. The summed E-state index contributed by atoms with van der Waals surface area (Å²) in [4.78, 5) is 12.0. The van der Waals surface area contributed by atoms with Crippen molar-refractivity contribution in [3.05, 3.63) is 35.9 Å². The maximum absolute atomic E-state index is 12.0. The molecular formula is C23H39NO2. The van der Waals surface area contributed by atoms with Gasteiger partial charge in [0.15, 0.2) is 0 Å². The lowest BCUT2D eigenvalue weighted by atomic mass is 10.0. The number of hydrogen-bond donors (Lipinski definition) is 2. The second kappa shape index (κ2) is 14.8. The molecule has 26 heavy (non-hydrogen) atoms. The highest BCUT2D eigenvalue weighted by molar-refractivity contribution is 5.76. The minimum Gasteiger partial charge on any atom is -0.386 e. The van der Waals surface area contributed by atoms with Crippen LogP contribution >= 0.6 is 0 Å². The van der Waals surface area contributed by atoms with Crippen molar-refractivity contribution in [2.75, 3.05) is 0 Å². The first-order valence-corrected chi connectivity index (χ1v) is 10.7. The molecule has 0 aliphatic carbocycles. The zero-order valence-corrected chi connectivity index (χ0v) is 16.9. The summed E-state index contributed by atoms with van der Waals surface area (Å²) in [6.07, 6.45) is 14.0. The van der Waals surface area contributed by atoms with E-state index in [2.05, 4.69) is 12.2 Å². The third kappa shape index (κ3) is 10.6. The maximum atomic E-state index is 12.0. The molecule has 0 aliphatic rings. The predicted octanol–water partition coefficient (Wildman–Crippen LogP) is 5.93. The van der Waals surface area contributed by atoms with Gasteiger partial charge in [0.05, 0.1) is 12.1 Å². The third-order valence-corrected chi connectivity index (χ3v) is 5.01. The topological polar surface area (TPSA) is 49.3 Å². The normalized spacial score (nSPS) is 13.3. The van der Waals surface area contributed by atoms with Crippen molar-refractivity contribution in [3.8, 4) is 0 Å². The van der Waals surface area contributed by atoms with E-state index in [0.29, 0.717) is 6.42 Å². The molecule has 0 heterocycles. The Kier molecular flexibility index (Phi) is 12.9. The number of nitrogens with one attached hydrogen (secondary N) is 1. The highest BCUT2D eigenvalue weighted by Crippen LogP contribution is 2.16. The van der Waals surface area contributed by atoms with Gasteiger partial charge in [-0.3, -0.25) is 4.79 Å². The molecule has 2 N–H and O–H groups in total. The summed E-state index contributed by atoms with van der Waals surface area (Å²) in [5.74, 6) is 0.0448. The molecule has 3 heteroatoms. The molecule has 0 bridgehead atoms. The molecule has 3 nitrogen and oxygen atoms in total. The fourth-order valence-electron chi connectivity index (χ4n) is 3.29. The number of amides is 1. The maximum Gasteiger partial charge on any atom is 0.220 e. The number of carbonyl (C=O) groups is 1. The van der Waals surface area contributed by atoms with Crippen LogP contribution in [-0.4, -0.2) is 17.1 Å². The van der Waals surface area contributed by atoms with Crippen molar-refractivity contribution < 1.29 is 9.90 Å². The van der Waals surface area contributed by atoms with Crippen molar-refractivity contribution in [2.24, 2.45) is 0 Å². The number of carbonyl (C=O) groups excluding carboxylic acids is 1. The van der Waals surface area contributed by atoms with Crippen molar-refractivity contribution >= 4 is 5.91 Å². The van der Waals surface area contributed by atoms with Crippen LogP contribution in [0.2, 0.25) is 0 Å². The molecule has 0 radical (unpaired) electrons. The number of rotatable bonds is 15. The monoisotopic (exact) mass is 361 g/mol. The van der Waals surface area contributed by atoms with Crippen LogP contribution in [0.5, 0.6) is 0 Å². The van der Waals surface area contributed by atoms with Crippen molar-refractivity contribution in [1.82, 2.24) is 5.32 Å². The Balaban J connectivity index is 2.00. The molecule has 148 valence electrons. The zero-order valence-electron chi connectivity index (χ0n) is 16.9. The Hall–Kier alpha value is -1.35. The highest BCUT2D eigenvalue weighted by atomic mass is 16.3. The van der Waals surface area contributed by atoms with Gasteiger partial charge in [-0.05, 0) is 18.9 Å². The van der Waals surface area contributed by atoms with E-state index in [4.69, 9.17) is 0 Å². The van der Waals surface area contributed by atoms with Gasteiger partial charge in [-0.2, -0.15) is 0 Å². The highest BCUT2D eigenvalue weighted by Gasteiger charge is 2.17. The molecular weight excluding hydrogens is 322 g/mol. The van der Waals surface area contributed by atoms with Crippen LogP contribution in [0.15, 0.2) is 30.3 Å². The summed E-state index contributed by atoms with van der Waals surface area (Å²) in [6, 6.07) is 9.23. The van der Waals surface area contributed by atoms with Crippen molar-refractivity contribution in [3.63, 3.8) is 0 Å². The Bertz CT molecular complexity index is 461. The minimum absolute atomic E-state index is 0.0448. The van der Waals surface area contributed by atoms with E-state index >= 15 is 0 Å². The predicted molar refractivity (Wildman–Crippen MR) is 110 cm³/mol. The van der Waals surface area contributed by atoms with Gasteiger partial charge in [0, 0.05) is 6.42 Å². The van der Waals surface area contributed by atoms with Crippen molar-refractivity contribution in [1.29, 1.82) is 0 Å². The van der Waals surface area contributed by atoms with Gasteiger partial charge in [-0.15, -0.1) is 0 Å². The summed E-state index contributed by atoms with van der Waals surface area (Å²) in [5, 5.41) is 13.2. The van der Waals surface area contributed by atoms with Gasteiger partial charge in [0.2, 0.25) is 5.91 Å². The molecule has 1 aromatic rings. The van der Waals surface area contributed by atoms with Crippen LogP contribution < -0.4 is 5.32 Å². The molecule has 1 rings (SSSR count). The SMILES string of the molecule is CCCCCCCCCCCCCC(=O)N[C@@H](C)[C@@H](O)c1ccccc1. The fourth-order valence-corrected chi connectivity index (χ4v) is 3.29. The zero-order chi connectivity index (χ0) is 19.0. The van der Waals surface area contributed by atoms with E-state index in [1.54, 1.807) is 0 Å². The Morgan fingerprint density at radius 1 is 0.885 bits per heavy atom. The van der Waals surface area contributed by atoms with E-state index in [1.165, 1.54) is 57.8 Å². The molecule has 0 aromatic heterocycles. The van der Waals surface area contributed by atoms with E-state index in [-0.39, 0.29) is 11.9 Å². The Morgan fingerprint density at radius 2 is 1.38 bits per heavy atom. The first-order chi connectivity index (χ1) is 12.6. The van der Waals surface area contributed by atoms with Gasteiger partial charge in [-0.1, -0.05) is 101 Å². The average molecular weight is 362 g/mol. The van der Waals surface area contributed by atoms with Gasteiger partial charge in [-0.25, -0.2) is 0 Å². The van der Waals surface area contributed by atoms with Crippen LogP contribution in [0.3, 0.4) is 0 Å². The third-order valence-electron chi connectivity index (χ3n) is 5.01. The lowest BCUT2D eigenvalue weighted by molar-refractivity contribution is -0.122. The quantitative estimate of drug-likeness (QED) is 0.381. The van der Waals surface area contributed by atoms with Gasteiger partial charge >= 0.3 is 0 Å². The van der Waals surface area contributed by atoms with Crippen LogP contribution in [0.25, 0.3) is 0 Å². The molecule has 0 spiro atoms. The number of hydrogen-bond acceptors (Lipinski definition) is 2. The Morgan fingerprint density at radius 3 is 1.92 bits per heavy atom. The molecule has 0 saturated carbocycles. The van der Waals surface area contributed by atoms with Crippen LogP contribution in [0, 0.1) is 0 Å². The number of benzene rings is 1. The largest absolute Gasteiger partial charge is 0.386 e. The molecule has 2 atom stereocenters. The average Bonchev–Trinajstić information content (AvgIpc) is 2.66. The molecule has 0 fully saturated rings. The molecule has 1 aromatic carbocycles. The van der Waals surface area contributed by atoms with E-state index in [1.807, 2.05) is 37.3 Å². The number of unbranched alkanes of at least 4 members (excludes halogenated alkanes) is 10. The second-order valence-corrected chi connectivity index (χ2v) is 7.50. The van der Waals surface area contributed by atoms with Gasteiger partial charge in [0.25, 0.3) is 0 Å². The van der Waals surface area contributed by atoms with Crippen LogP contribution in [0.1, 0.15) is 103 Å². The van der Waals surface area contributed by atoms with E-state index in [9.17, 15) is 9.90 Å². The molecule has 0 unspecified atom stereocenters. The lowest BCUT2D eigenvalue weighted by Gasteiger charge is -2.20. The first kappa shape index (κ1) is 22.7. The summed E-state index contributed by atoms with van der Waals surface area (Å²) in [6.45, 7) is 4.11. The summed E-state index contributed by atoms with van der Waals surface area (Å²) < 4.78 is 0. The minimum atomic E-state index is -0.655. The van der Waals surface area contributed by atoms with E-state index < -0.39 is 6.10 Å². The Labute approximate surface area is 160 Å². The molecule has 1 amide bonds. The first-order valence-electron chi connectivity index (χ1n) is 10.7. The van der Waals surface area contributed by atoms with Crippen molar-refractivity contribution in [2.45, 2.75) is 103 Å². The van der Waals surface area contributed by atoms with Crippen LogP contribution in [0.4, 0.5) is 0 Å². The van der Waals surface area contributed by atoms with E-state index in [0.717, 1.165) is 18.4 Å².